The molecule has 0 saturated heterocycles. The summed E-state index contributed by atoms with van der Waals surface area (Å²) in [5, 5.41) is 0. The third kappa shape index (κ3) is 3.57. The van der Waals surface area contributed by atoms with Crippen molar-refractivity contribution in [2.24, 2.45) is 0 Å². The van der Waals surface area contributed by atoms with Crippen LogP contribution in [0.15, 0.2) is 4.79 Å². The number of amides is 1. The zero-order chi connectivity index (χ0) is 16.8. The van der Waals surface area contributed by atoms with E-state index >= 15 is 0 Å². The van der Waals surface area contributed by atoms with E-state index < -0.39 is 5.60 Å². The van der Waals surface area contributed by atoms with Crippen LogP contribution < -0.4 is 5.56 Å². The van der Waals surface area contributed by atoms with Crippen LogP contribution in [-0.4, -0.2) is 39.7 Å². The van der Waals surface area contributed by atoms with E-state index in [1.165, 1.54) is 0 Å². The number of aromatic nitrogens is 2. The molecule has 1 saturated carbocycles. The highest BCUT2D eigenvalue weighted by Crippen LogP contribution is 2.38. The number of fused-ring (bicyclic) bond motifs is 1. The summed E-state index contributed by atoms with van der Waals surface area (Å²) in [6.07, 6.45) is 2.39. The lowest BCUT2D eigenvalue weighted by Crippen LogP contribution is -2.39. The van der Waals surface area contributed by atoms with Gasteiger partial charge in [0.1, 0.15) is 11.4 Å². The van der Waals surface area contributed by atoms with Crippen LogP contribution in [0.3, 0.4) is 0 Å². The number of nitrogens with zero attached hydrogens (tertiary/aromatic N) is 2. The van der Waals surface area contributed by atoms with Crippen LogP contribution in [0.1, 0.15) is 69.5 Å². The number of carbonyl (C=O) groups is 1. The molecule has 126 valence electrons. The monoisotopic (exact) mass is 319 g/mol. The van der Waals surface area contributed by atoms with E-state index in [-0.39, 0.29) is 17.6 Å². The minimum absolute atomic E-state index is 0.0276. The molecule has 6 nitrogen and oxygen atoms in total. The molecule has 2 heterocycles. The largest absolute Gasteiger partial charge is 0.444 e. The van der Waals surface area contributed by atoms with Crippen LogP contribution in [0.25, 0.3) is 0 Å². The van der Waals surface area contributed by atoms with E-state index in [9.17, 15) is 9.59 Å². The molecular weight excluding hydrogens is 294 g/mol. The smallest absolute Gasteiger partial charge is 0.410 e. The van der Waals surface area contributed by atoms with Gasteiger partial charge in [-0.25, -0.2) is 9.78 Å². The van der Waals surface area contributed by atoms with Gasteiger partial charge in [-0.05, 0) is 40.0 Å². The molecule has 0 spiro atoms. The minimum Gasteiger partial charge on any atom is -0.444 e. The van der Waals surface area contributed by atoms with E-state index in [1.54, 1.807) is 4.90 Å². The normalized spacial score (nSPS) is 21.6. The van der Waals surface area contributed by atoms with Crippen molar-refractivity contribution in [3.63, 3.8) is 0 Å². The number of rotatable bonds is 1. The zero-order valence-corrected chi connectivity index (χ0v) is 14.3. The average molecular weight is 319 g/mol. The Labute approximate surface area is 136 Å². The summed E-state index contributed by atoms with van der Waals surface area (Å²) < 4.78 is 5.46. The van der Waals surface area contributed by atoms with Gasteiger partial charge in [0.2, 0.25) is 0 Å². The molecule has 1 aliphatic carbocycles. The van der Waals surface area contributed by atoms with E-state index in [4.69, 9.17) is 9.72 Å². The summed E-state index contributed by atoms with van der Waals surface area (Å²) in [4.78, 5) is 34.0. The predicted octanol–water partition coefficient (Wildman–Crippen LogP) is 2.54. The second-order valence-electron chi connectivity index (χ2n) is 7.67. The SMILES string of the molecule is CC1CN(C(=O)OC(C)(C)C)CCc2c1nc(C1CC1)[nH]c2=O. The first-order valence-corrected chi connectivity index (χ1v) is 8.35. The lowest BCUT2D eigenvalue weighted by Gasteiger charge is -2.27. The summed E-state index contributed by atoms with van der Waals surface area (Å²) in [7, 11) is 0. The fraction of sp³-hybridized carbons (Fsp3) is 0.706. The highest BCUT2D eigenvalue weighted by atomic mass is 16.6. The summed E-state index contributed by atoms with van der Waals surface area (Å²) in [5.41, 5.74) is 0.999. The minimum atomic E-state index is -0.520. The van der Waals surface area contributed by atoms with Gasteiger partial charge < -0.3 is 14.6 Å². The lowest BCUT2D eigenvalue weighted by atomic mass is 10.0. The van der Waals surface area contributed by atoms with Crippen LogP contribution >= 0.6 is 0 Å². The van der Waals surface area contributed by atoms with Crippen molar-refractivity contribution in [1.29, 1.82) is 0 Å². The third-order valence-corrected chi connectivity index (χ3v) is 4.27. The van der Waals surface area contributed by atoms with Gasteiger partial charge in [-0.15, -0.1) is 0 Å². The van der Waals surface area contributed by atoms with Crippen LogP contribution in [0.2, 0.25) is 0 Å². The van der Waals surface area contributed by atoms with Crippen LogP contribution in [-0.2, 0) is 11.2 Å². The van der Waals surface area contributed by atoms with E-state index in [2.05, 4.69) is 4.98 Å². The number of nitrogens with one attached hydrogen (secondary N) is 1. The Balaban J connectivity index is 1.84. The highest BCUT2D eigenvalue weighted by molar-refractivity contribution is 5.68. The molecule has 1 aromatic heterocycles. The first-order valence-electron chi connectivity index (χ1n) is 8.35. The Bertz CT molecular complexity index is 671. The molecule has 1 fully saturated rings. The van der Waals surface area contributed by atoms with Gasteiger partial charge in [-0.3, -0.25) is 4.79 Å². The number of hydrogen-bond donors (Lipinski definition) is 1. The fourth-order valence-corrected chi connectivity index (χ4v) is 2.98. The maximum atomic E-state index is 12.4. The van der Waals surface area contributed by atoms with E-state index in [0.29, 0.717) is 31.0 Å². The van der Waals surface area contributed by atoms with Gasteiger partial charge in [0.05, 0.1) is 5.69 Å². The van der Waals surface area contributed by atoms with E-state index in [0.717, 1.165) is 24.4 Å². The van der Waals surface area contributed by atoms with Crippen molar-refractivity contribution >= 4 is 6.09 Å². The molecule has 0 bridgehead atoms. The summed E-state index contributed by atoms with van der Waals surface area (Å²) in [6, 6.07) is 0. The highest BCUT2D eigenvalue weighted by Gasteiger charge is 2.32. The summed E-state index contributed by atoms with van der Waals surface area (Å²) in [6.45, 7) is 8.60. The van der Waals surface area contributed by atoms with Gasteiger partial charge in [0.25, 0.3) is 5.56 Å². The lowest BCUT2D eigenvalue weighted by molar-refractivity contribution is 0.0248. The number of hydrogen-bond acceptors (Lipinski definition) is 4. The topological polar surface area (TPSA) is 75.3 Å². The standard InChI is InChI=1S/C17H25N3O3/c1-10-9-20(16(22)23-17(2,3)4)8-7-12-13(10)18-14(11-5-6-11)19-15(12)21/h10-11H,5-9H2,1-4H3,(H,18,19,21). The summed E-state index contributed by atoms with van der Waals surface area (Å²) in [5.74, 6) is 1.25. The van der Waals surface area contributed by atoms with Gasteiger partial charge in [-0.2, -0.15) is 0 Å². The first-order chi connectivity index (χ1) is 10.7. The Kier molecular flexibility index (Phi) is 3.94. The number of H-pyrrole nitrogens is 1. The third-order valence-electron chi connectivity index (χ3n) is 4.27. The number of carbonyl (C=O) groups excluding carboxylic acids is 1. The molecule has 1 amide bonds. The molecule has 0 aromatic carbocycles. The maximum Gasteiger partial charge on any atom is 0.410 e. The van der Waals surface area contributed by atoms with Crippen LogP contribution in [0.4, 0.5) is 4.79 Å². The maximum absolute atomic E-state index is 12.4. The number of ether oxygens (including phenoxy) is 1. The Morgan fingerprint density at radius 3 is 2.65 bits per heavy atom. The molecule has 6 heteroatoms. The van der Waals surface area contributed by atoms with E-state index in [1.807, 2.05) is 27.7 Å². The Morgan fingerprint density at radius 2 is 2.04 bits per heavy atom. The molecule has 1 N–H and O–H groups in total. The summed E-state index contributed by atoms with van der Waals surface area (Å²) >= 11 is 0. The second-order valence-corrected chi connectivity index (χ2v) is 7.67. The van der Waals surface area contributed by atoms with Crippen molar-refractivity contribution in [3.05, 3.63) is 27.4 Å². The van der Waals surface area contributed by atoms with Crippen molar-refractivity contribution in [3.8, 4) is 0 Å². The molecule has 2 aliphatic rings. The molecule has 1 aromatic rings. The molecule has 23 heavy (non-hydrogen) atoms. The molecule has 3 rings (SSSR count). The molecule has 1 atom stereocenters. The number of aromatic amines is 1. The van der Waals surface area contributed by atoms with Crippen molar-refractivity contribution in [1.82, 2.24) is 14.9 Å². The predicted molar refractivity (Wildman–Crippen MR) is 86.8 cm³/mol. The fourth-order valence-electron chi connectivity index (χ4n) is 2.98. The zero-order valence-electron chi connectivity index (χ0n) is 14.3. The molecule has 1 aliphatic heterocycles. The van der Waals surface area contributed by atoms with Crippen molar-refractivity contribution in [2.45, 2.75) is 64.4 Å². The average Bonchev–Trinajstić information content (AvgIpc) is 3.25. The van der Waals surface area contributed by atoms with Crippen LogP contribution in [0, 0.1) is 0 Å². The van der Waals surface area contributed by atoms with Crippen molar-refractivity contribution in [2.75, 3.05) is 13.1 Å². The molecule has 1 unspecified atom stereocenters. The quantitative estimate of drug-likeness (QED) is 0.863. The van der Waals surface area contributed by atoms with Gasteiger partial charge in [0.15, 0.2) is 0 Å². The van der Waals surface area contributed by atoms with Gasteiger partial charge in [0, 0.05) is 30.5 Å². The molecule has 0 radical (unpaired) electrons. The Hall–Kier alpha value is -1.85. The molecular formula is C17H25N3O3. The van der Waals surface area contributed by atoms with Crippen molar-refractivity contribution < 1.29 is 9.53 Å². The second kappa shape index (κ2) is 5.65. The van der Waals surface area contributed by atoms with Crippen LogP contribution in [0.5, 0.6) is 0 Å². The Morgan fingerprint density at radius 1 is 1.35 bits per heavy atom. The first kappa shape index (κ1) is 16.0. The van der Waals surface area contributed by atoms with Gasteiger partial charge in [-0.1, -0.05) is 6.92 Å². The van der Waals surface area contributed by atoms with Gasteiger partial charge >= 0.3 is 6.09 Å².